The number of H-pyrrole nitrogens is 1. The molecule has 524 valence electrons. The van der Waals surface area contributed by atoms with Gasteiger partial charge < -0.3 is 17.9 Å². The van der Waals surface area contributed by atoms with Gasteiger partial charge in [-0.1, -0.05) is 162 Å². The Kier molecular flexibility index (Phi) is 42.1. The predicted octanol–water partition coefficient (Wildman–Crippen LogP) is 20.5. The van der Waals surface area contributed by atoms with Crippen molar-refractivity contribution in [3.05, 3.63) is 185 Å². The third-order valence-electron chi connectivity index (χ3n) is 13.4. The van der Waals surface area contributed by atoms with Crippen molar-refractivity contribution < 1.29 is 17.9 Å². The zero-order chi connectivity index (χ0) is 75.6. The van der Waals surface area contributed by atoms with E-state index in [2.05, 4.69) is 204 Å². The molecule has 0 saturated carbocycles. The van der Waals surface area contributed by atoms with Gasteiger partial charge >= 0.3 is 0 Å². The number of rotatable bonds is 12. The lowest BCUT2D eigenvalue weighted by Crippen LogP contribution is -1.93. The average Bonchev–Trinajstić information content (AvgIpc) is 1.78. The molecule has 0 aromatic carbocycles. The Balaban J connectivity index is 0.000000556. The molecule has 9 aromatic rings. The zero-order valence-electron chi connectivity index (χ0n) is 61.7. The zero-order valence-corrected chi connectivity index (χ0v) is 64.9. The maximum absolute atomic E-state index is 5.23. The minimum atomic E-state index is 0.356. The summed E-state index contributed by atoms with van der Waals surface area (Å²) in [5.41, 5.74) is 11.7. The third kappa shape index (κ3) is 32.5. The molecule has 0 spiro atoms. The highest BCUT2D eigenvalue weighted by Gasteiger charge is 2.12. The highest BCUT2D eigenvalue weighted by Crippen LogP contribution is 2.24. The van der Waals surface area contributed by atoms with E-state index in [0.717, 1.165) is 67.8 Å². The summed E-state index contributed by atoms with van der Waals surface area (Å²) < 4.78 is 27.8. The average molecular weight is 1420 g/mol. The molecule has 0 unspecified atom stereocenters. The van der Waals surface area contributed by atoms with Crippen LogP contribution in [0.3, 0.4) is 0 Å². The summed E-state index contributed by atoms with van der Waals surface area (Å²) in [5, 5.41) is 19.7. The largest absolute Gasteiger partial charge is 0.438 e. The van der Waals surface area contributed by atoms with Gasteiger partial charge in [0.05, 0.1) is 41.7 Å². The molecule has 1 aliphatic heterocycles. The number of aromatic nitrogens is 10. The van der Waals surface area contributed by atoms with Gasteiger partial charge in [-0.05, 0) is 153 Å². The first kappa shape index (κ1) is 88.0. The number of nitrogens with one attached hydrogen (secondary N) is 1. The Hall–Kier alpha value is -10.1. The third-order valence-corrected chi connectivity index (χ3v) is 17.1. The van der Waals surface area contributed by atoms with E-state index in [9.17, 15) is 0 Å². The first-order valence-electron chi connectivity index (χ1n) is 32.3. The van der Waals surface area contributed by atoms with Gasteiger partial charge in [0.25, 0.3) is 11.8 Å². The van der Waals surface area contributed by atoms with E-state index >= 15 is 0 Å². The highest BCUT2D eigenvalue weighted by atomic mass is 32.1. The molecule has 10 rings (SSSR count). The number of aromatic amines is 1. The van der Waals surface area contributed by atoms with Crippen LogP contribution in [0.4, 0.5) is 0 Å². The maximum Gasteiger partial charge on any atom is 0.273 e. The summed E-state index contributed by atoms with van der Waals surface area (Å²) >= 11 is 6.04. The van der Waals surface area contributed by atoms with Crippen molar-refractivity contribution in [2.45, 2.75) is 192 Å². The number of oxazole rings is 2. The Morgan fingerprint density at radius 3 is 1.45 bits per heavy atom. The monoisotopic (exact) mass is 1420 g/mol. The maximum atomic E-state index is 5.23. The van der Waals surface area contributed by atoms with Crippen molar-refractivity contribution in [2.24, 2.45) is 10.9 Å². The van der Waals surface area contributed by atoms with E-state index in [1.54, 1.807) is 48.3 Å². The molecule has 0 radical (unpaired) electrons. The number of terminal acetylenes is 8. The molecule has 100 heavy (non-hydrogen) atoms. The number of thiazole rings is 2. The smallest absolute Gasteiger partial charge is 0.273 e. The Labute approximate surface area is 613 Å². The lowest BCUT2D eigenvalue weighted by Gasteiger charge is -2.01. The van der Waals surface area contributed by atoms with Gasteiger partial charge in [-0.3, -0.25) is 10.1 Å². The van der Waals surface area contributed by atoms with Crippen molar-refractivity contribution in [1.29, 1.82) is 0 Å². The van der Waals surface area contributed by atoms with Crippen LogP contribution in [0.25, 0.3) is 6.08 Å². The molecule has 0 aliphatic carbocycles. The van der Waals surface area contributed by atoms with E-state index in [4.69, 9.17) is 69.3 Å². The van der Waals surface area contributed by atoms with Gasteiger partial charge in [0.1, 0.15) is 35.4 Å². The van der Waals surface area contributed by atoms with E-state index in [1.165, 1.54) is 60.9 Å². The summed E-state index contributed by atoms with van der Waals surface area (Å²) in [4.78, 5) is 22.9. The van der Waals surface area contributed by atoms with Crippen LogP contribution < -0.4 is 0 Å². The Morgan fingerprint density at radius 2 is 1.12 bits per heavy atom. The lowest BCUT2D eigenvalue weighted by molar-refractivity contribution is 0.370. The van der Waals surface area contributed by atoms with Crippen LogP contribution in [0.15, 0.2) is 108 Å². The summed E-state index contributed by atoms with van der Waals surface area (Å²) in [6, 6.07) is 3.75. The van der Waals surface area contributed by atoms with Crippen LogP contribution in [-0.4, -0.2) is 61.5 Å². The van der Waals surface area contributed by atoms with Gasteiger partial charge in [0.2, 0.25) is 0 Å². The standard InChI is InChI=1S/C9H13N.C8H12N2.4C8H9NO.4C8H9NS/c1-4-9-5-8(6-10-9)7(2)3;1-4-8-7(6(2)3)5-9-10-8;1-4-8-9-7(5-10-8)6(2)3;1-4-8-9-5-7(10-8)6(2)3;1-4-8-7(6(2)3)5-10-9-8;1-4-7-5-8(6(2)3)10-9-7;1-4-8-9-7(5-10-8)6(2)3;1-4-8-9-5-7(10-8)6(2)3;1-4-8-7(6(2)3)5-10-9-8;1-4-7-5-8(6(2)3)10-9-7/h4-5,7H,1,6H2,2-3H3;4-6H,1H2,2-3H3,(H,9,10);8*1,5-6H,2-3H3. The molecule has 1 aliphatic rings. The van der Waals surface area contributed by atoms with Crippen molar-refractivity contribution in [1.82, 2.24) is 49.2 Å². The Morgan fingerprint density at radius 1 is 0.510 bits per heavy atom. The summed E-state index contributed by atoms with van der Waals surface area (Å²) in [5.74, 6) is 26.7. The predicted molar refractivity (Wildman–Crippen MR) is 419 cm³/mol. The number of hydrogen-bond donors (Lipinski definition) is 1. The van der Waals surface area contributed by atoms with Gasteiger partial charge in [-0.25, -0.2) is 19.9 Å². The van der Waals surface area contributed by atoms with Crippen LogP contribution in [0.2, 0.25) is 0 Å². The minimum Gasteiger partial charge on any atom is -0.438 e. The number of allylic oxidation sites excluding steroid dienone is 2. The molecule has 0 amide bonds. The van der Waals surface area contributed by atoms with Gasteiger partial charge in [0.15, 0.2) is 21.4 Å². The second-order valence-electron chi connectivity index (χ2n) is 24.6. The SMILES string of the molecule is C#Cc1cc(C(C)C)on1.C#Cc1cc(C(C)C)sn1.C#Cc1nc(C(C)C)co1.C#Cc1nc(C(C)C)cs1.C#Cc1ncc(C(C)C)o1.C#Cc1ncc(C(C)C)s1.C#Cc1nocc1C(C)C.C#Cc1nscc1C(C)C.C=CC1=NCC(C(C)C)=C1.C=Cc1[nH]ncc1C(C)C. The van der Waals surface area contributed by atoms with E-state index in [-0.39, 0.29) is 0 Å². The summed E-state index contributed by atoms with van der Waals surface area (Å²) in [6.07, 6.45) is 55.4. The first-order chi connectivity index (χ1) is 47.4. The summed E-state index contributed by atoms with van der Waals surface area (Å²) in [6.45, 7) is 50.1. The molecule has 19 heteroatoms. The first-order valence-corrected chi connectivity index (χ1v) is 35.6. The van der Waals surface area contributed by atoms with Crippen LogP contribution in [0, 0.1) is 105 Å². The molecule has 0 saturated heterocycles. The normalized spacial score (nSPS) is 10.6. The fourth-order valence-corrected chi connectivity index (χ4v) is 10.1. The highest BCUT2D eigenvalue weighted by molar-refractivity contribution is 7.12. The van der Waals surface area contributed by atoms with Crippen molar-refractivity contribution in [2.75, 3.05) is 6.54 Å². The topological polar surface area (TPSA) is 197 Å². The van der Waals surface area contributed by atoms with Gasteiger partial charge in [-0.2, -0.15) is 13.8 Å². The second-order valence-corrected chi connectivity index (χ2v) is 28.0. The van der Waals surface area contributed by atoms with E-state index in [0.29, 0.717) is 82.3 Å². The quantitative estimate of drug-likeness (QED) is 0.114. The fraction of sp³-hybridized carbons (Fsp3) is 0.383. The second kappa shape index (κ2) is 47.8. The molecule has 0 atom stereocenters. The van der Waals surface area contributed by atoms with Crippen LogP contribution in [0.5, 0.6) is 0 Å². The van der Waals surface area contributed by atoms with Gasteiger partial charge in [0, 0.05) is 55.7 Å². The molecule has 10 heterocycles. The Bertz CT molecular complexity index is 3790. The number of hydrogen-bond acceptors (Lipinski definition) is 18. The molecule has 15 nitrogen and oxygen atoms in total. The lowest BCUT2D eigenvalue weighted by atomic mass is 10.0. The summed E-state index contributed by atoms with van der Waals surface area (Å²) in [7, 11) is 0. The van der Waals surface area contributed by atoms with Crippen molar-refractivity contribution in [3.63, 3.8) is 0 Å². The van der Waals surface area contributed by atoms with Crippen LogP contribution in [0.1, 0.15) is 291 Å². The molecule has 0 fully saturated rings. The molecule has 0 bridgehead atoms. The molecular formula is C81H97N11O4S4. The minimum absolute atomic E-state index is 0.356. The molecule has 9 aromatic heterocycles. The molecule has 1 N–H and O–H groups in total. The van der Waals surface area contributed by atoms with E-state index in [1.807, 2.05) is 84.6 Å². The molecular weight excluding hydrogens is 1320 g/mol. The van der Waals surface area contributed by atoms with Crippen molar-refractivity contribution in [3.8, 4) is 98.8 Å². The number of nitrogens with zero attached hydrogens (tertiary/aromatic N) is 10. The van der Waals surface area contributed by atoms with Gasteiger partial charge in [-0.15, -0.1) is 74.1 Å². The van der Waals surface area contributed by atoms with Crippen LogP contribution in [-0.2, 0) is 0 Å². The van der Waals surface area contributed by atoms with Crippen LogP contribution >= 0.6 is 45.7 Å². The van der Waals surface area contributed by atoms with E-state index < -0.39 is 0 Å². The fourth-order valence-electron chi connectivity index (χ4n) is 7.13. The van der Waals surface area contributed by atoms with Crippen molar-refractivity contribution >= 4 is 57.5 Å². The number of aliphatic imine (C=N–C) groups is 1.